The quantitative estimate of drug-likeness (QED) is 0.144. The third kappa shape index (κ3) is 6.16. The van der Waals surface area contributed by atoms with E-state index in [1.54, 1.807) is 0 Å². The number of hydrogen-bond acceptors (Lipinski definition) is 1. The van der Waals surface area contributed by atoms with Crippen LogP contribution in [0.5, 0.6) is 0 Å². The van der Waals surface area contributed by atoms with E-state index in [1.807, 2.05) is 0 Å². The van der Waals surface area contributed by atoms with Gasteiger partial charge in [-0.25, -0.2) is 0 Å². The summed E-state index contributed by atoms with van der Waals surface area (Å²) in [6.07, 6.45) is 0. The van der Waals surface area contributed by atoms with Crippen molar-refractivity contribution in [1.29, 1.82) is 0 Å². The Labute approximate surface area is 391 Å². The van der Waals surface area contributed by atoms with Crippen LogP contribution in [-0.2, 0) is 5.41 Å². The predicted octanol–water partition coefficient (Wildman–Crippen LogP) is 18.1. The van der Waals surface area contributed by atoms with Crippen LogP contribution in [-0.4, -0.2) is 0 Å². The van der Waals surface area contributed by atoms with Crippen LogP contribution in [0.2, 0.25) is 0 Å². The van der Waals surface area contributed by atoms with Crippen molar-refractivity contribution in [2.75, 3.05) is 4.90 Å². The predicted molar refractivity (Wildman–Crippen MR) is 285 cm³/mol. The Kier molecular flexibility index (Phi) is 9.05. The van der Waals surface area contributed by atoms with Crippen molar-refractivity contribution in [1.82, 2.24) is 0 Å². The summed E-state index contributed by atoms with van der Waals surface area (Å²) in [6.45, 7) is 2.42. The van der Waals surface area contributed by atoms with Gasteiger partial charge in [0.15, 0.2) is 0 Å². The molecule has 0 N–H and O–H groups in total. The summed E-state index contributed by atoms with van der Waals surface area (Å²) in [6, 6.07) is 94.2. The maximum atomic E-state index is 2.50. The zero-order chi connectivity index (χ0) is 44.5. The molecule has 1 aliphatic carbocycles. The van der Waals surface area contributed by atoms with E-state index in [0.717, 1.165) is 11.4 Å². The van der Waals surface area contributed by atoms with Crippen molar-refractivity contribution in [2.24, 2.45) is 0 Å². The monoisotopic (exact) mass is 851 g/mol. The van der Waals surface area contributed by atoms with Gasteiger partial charge >= 0.3 is 0 Å². The summed E-state index contributed by atoms with van der Waals surface area (Å²) < 4.78 is 0. The van der Waals surface area contributed by atoms with Crippen LogP contribution in [0.25, 0.3) is 87.6 Å². The first-order valence-corrected chi connectivity index (χ1v) is 23.3. The highest BCUT2D eigenvalue weighted by molar-refractivity contribution is 6.22. The molecule has 12 aromatic carbocycles. The third-order valence-corrected chi connectivity index (χ3v) is 14.5. The Morgan fingerprint density at radius 1 is 0.313 bits per heavy atom. The Bertz CT molecular complexity index is 3850. The molecule has 0 amide bonds. The zero-order valence-corrected chi connectivity index (χ0v) is 37.2. The second-order valence-electron chi connectivity index (χ2n) is 18.1. The first-order valence-electron chi connectivity index (χ1n) is 23.3. The molecule has 12 aromatic rings. The highest BCUT2D eigenvalue weighted by atomic mass is 15.1. The van der Waals surface area contributed by atoms with E-state index in [1.165, 1.54) is 110 Å². The Hall–Kier alpha value is -8.52. The number of hydrogen-bond donors (Lipinski definition) is 0. The van der Waals surface area contributed by atoms with Crippen LogP contribution in [0.15, 0.2) is 255 Å². The van der Waals surface area contributed by atoms with Gasteiger partial charge in [0, 0.05) is 16.8 Å². The Morgan fingerprint density at radius 3 is 1.61 bits per heavy atom. The van der Waals surface area contributed by atoms with Gasteiger partial charge in [0.1, 0.15) is 0 Å². The molecule has 314 valence electrons. The van der Waals surface area contributed by atoms with E-state index < -0.39 is 0 Å². The molecule has 0 heterocycles. The lowest BCUT2D eigenvalue weighted by Crippen LogP contribution is -2.25. The van der Waals surface area contributed by atoms with Gasteiger partial charge in [0.2, 0.25) is 0 Å². The van der Waals surface area contributed by atoms with E-state index in [4.69, 9.17) is 0 Å². The molecule has 1 atom stereocenters. The fourth-order valence-electron chi connectivity index (χ4n) is 11.4. The topological polar surface area (TPSA) is 3.24 Å². The van der Waals surface area contributed by atoms with Gasteiger partial charge in [0.25, 0.3) is 0 Å². The summed E-state index contributed by atoms with van der Waals surface area (Å²) >= 11 is 0. The first-order chi connectivity index (χ1) is 33.1. The van der Waals surface area contributed by atoms with Crippen LogP contribution in [0.4, 0.5) is 17.1 Å². The normalized spacial score (nSPS) is 14.1. The van der Waals surface area contributed by atoms with Crippen molar-refractivity contribution >= 4 is 60.2 Å². The highest BCUT2D eigenvalue weighted by Gasteiger charge is 2.43. The number of benzene rings is 12. The first kappa shape index (κ1) is 38.9. The van der Waals surface area contributed by atoms with Crippen LogP contribution in [0.3, 0.4) is 0 Å². The summed E-state index contributed by atoms with van der Waals surface area (Å²) in [5, 5.41) is 10.0. The van der Waals surface area contributed by atoms with E-state index in [2.05, 4.69) is 267 Å². The van der Waals surface area contributed by atoms with E-state index in [0.29, 0.717) is 0 Å². The number of rotatable bonds is 7. The maximum absolute atomic E-state index is 2.50. The second kappa shape index (κ2) is 15.6. The summed E-state index contributed by atoms with van der Waals surface area (Å²) in [7, 11) is 0. The molecule has 0 radical (unpaired) electrons. The van der Waals surface area contributed by atoms with Crippen LogP contribution in [0.1, 0.15) is 23.6 Å². The molecule has 0 aromatic heterocycles. The fourth-order valence-corrected chi connectivity index (χ4v) is 11.4. The number of fused-ring (bicyclic) bond motifs is 9. The lowest BCUT2D eigenvalue weighted by molar-refractivity contribution is 0.714. The van der Waals surface area contributed by atoms with Crippen LogP contribution < -0.4 is 4.90 Å². The van der Waals surface area contributed by atoms with Crippen molar-refractivity contribution < 1.29 is 0 Å². The molecule has 1 unspecified atom stereocenters. The van der Waals surface area contributed by atoms with Crippen molar-refractivity contribution in [3.05, 3.63) is 271 Å². The average Bonchev–Trinajstić information content (AvgIpc) is 3.68. The molecule has 1 aliphatic rings. The summed E-state index contributed by atoms with van der Waals surface area (Å²) in [5.74, 6) is 0. The molecular weight excluding hydrogens is 807 g/mol. The van der Waals surface area contributed by atoms with E-state index >= 15 is 0 Å². The Morgan fingerprint density at radius 2 is 0.851 bits per heavy atom. The lowest BCUT2D eigenvalue weighted by Gasteiger charge is -2.35. The third-order valence-electron chi connectivity index (χ3n) is 14.5. The van der Waals surface area contributed by atoms with E-state index in [9.17, 15) is 0 Å². The van der Waals surface area contributed by atoms with Crippen LogP contribution in [0, 0.1) is 0 Å². The number of anilines is 3. The molecule has 0 saturated heterocycles. The molecule has 0 fully saturated rings. The van der Waals surface area contributed by atoms with Gasteiger partial charge in [-0.3, -0.25) is 0 Å². The fraction of sp³-hybridized carbons (Fsp3) is 0.0303. The van der Waals surface area contributed by atoms with E-state index in [-0.39, 0.29) is 5.41 Å². The number of nitrogens with zero attached hydrogens (tertiary/aromatic N) is 1. The minimum Gasteiger partial charge on any atom is -0.310 e. The van der Waals surface area contributed by atoms with Gasteiger partial charge < -0.3 is 4.90 Å². The summed E-state index contributed by atoms with van der Waals surface area (Å²) in [5.41, 5.74) is 16.8. The minimum absolute atomic E-state index is 0.390. The molecule has 13 rings (SSSR count). The molecule has 1 nitrogen and oxygen atoms in total. The van der Waals surface area contributed by atoms with Gasteiger partial charge in [-0.1, -0.05) is 218 Å². The second-order valence-corrected chi connectivity index (χ2v) is 18.1. The molecule has 0 bridgehead atoms. The zero-order valence-electron chi connectivity index (χ0n) is 37.2. The smallest absolute Gasteiger partial charge is 0.0512 e. The van der Waals surface area contributed by atoms with Crippen molar-refractivity contribution in [3.63, 3.8) is 0 Å². The SMILES string of the molecule is CC1(c2ccccc2)c2ccccc2-c2cccc(N(c3ccc(-c4ccc5c(c4)c(-c4ccccc4)c(-c4ccccc4)c4ccccc45)cc3)c3ccc4c(ccc5ccccc54)c3)c21. The lowest BCUT2D eigenvalue weighted by atomic mass is 9.73. The standard InChI is InChI=1S/C66H45N/c1-66(50-23-9-4-10-24-50)61-30-16-15-27-57(61)59-29-17-31-62(65(59)66)67(52-39-41-54-49(42-52)33-32-45-18-11-12-25-53(45)54)51-37-34-44(35-38-51)48-36-40-56-55-26-13-14-28-58(55)63(46-19-5-2-6-20-46)64(60(56)43-48)47-21-7-3-8-22-47/h2-43H,1H3. The van der Waals surface area contributed by atoms with Crippen LogP contribution >= 0.6 is 0 Å². The molecule has 0 saturated carbocycles. The summed E-state index contributed by atoms with van der Waals surface area (Å²) in [4.78, 5) is 2.50. The Balaban J connectivity index is 1.01. The van der Waals surface area contributed by atoms with Gasteiger partial charge in [-0.15, -0.1) is 0 Å². The van der Waals surface area contributed by atoms with Crippen molar-refractivity contribution in [2.45, 2.75) is 12.3 Å². The molecule has 0 spiro atoms. The van der Waals surface area contributed by atoms with Gasteiger partial charge in [-0.2, -0.15) is 0 Å². The van der Waals surface area contributed by atoms with Crippen molar-refractivity contribution in [3.8, 4) is 44.5 Å². The molecule has 67 heavy (non-hydrogen) atoms. The largest absolute Gasteiger partial charge is 0.310 e. The average molecular weight is 852 g/mol. The maximum Gasteiger partial charge on any atom is 0.0512 e. The molecule has 0 aliphatic heterocycles. The highest BCUT2D eigenvalue weighted by Crippen LogP contribution is 2.57. The van der Waals surface area contributed by atoms with Gasteiger partial charge in [0.05, 0.1) is 5.69 Å². The van der Waals surface area contributed by atoms with Gasteiger partial charge in [-0.05, 0) is 148 Å². The molecular formula is C66H45N. The molecule has 1 heteroatoms. The minimum atomic E-state index is -0.390.